The fourth-order valence-corrected chi connectivity index (χ4v) is 1.51. The number of rotatable bonds is 2. The van der Waals surface area contributed by atoms with Gasteiger partial charge in [0, 0.05) is 12.1 Å². The number of hydrogen-bond acceptors (Lipinski definition) is 3. The zero-order chi connectivity index (χ0) is 9.15. The van der Waals surface area contributed by atoms with E-state index in [9.17, 15) is 4.79 Å². The fraction of sp³-hybridized carbons (Fsp3) is 0.300. The fourth-order valence-electron chi connectivity index (χ4n) is 1.51. The standard InChI is InChI=1S/C10H11NO2/c12-8-10(11-6-7-13-10)9-4-2-1-3-5-9/h1-5,8,11H,6-7H2. The van der Waals surface area contributed by atoms with Crippen molar-refractivity contribution in [2.45, 2.75) is 5.72 Å². The molecule has 13 heavy (non-hydrogen) atoms. The van der Waals surface area contributed by atoms with E-state index < -0.39 is 5.72 Å². The molecule has 3 heteroatoms. The van der Waals surface area contributed by atoms with Crippen molar-refractivity contribution in [3.8, 4) is 0 Å². The minimum Gasteiger partial charge on any atom is -0.348 e. The van der Waals surface area contributed by atoms with Gasteiger partial charge in [-0.15, -0.1) is 0 Å². The highest BCUT2D eigenvalue weighted by Gasteiger charge is 2.36. The summed E-state index contributed by atoms with van der Waals surface area (Å²) in [5.41, 5.74) is -0.0381. The predicted molar refractivity (Wildman–Crippen MR) is 48.1 cm³/mol. The summed E-state index contributed by atoms with van der Waals surface area (Å²) in [6, 6.07) is 9.46. The van der Waals surface area contributed by atoms with Crippen LogP contribution in [0.15, 0.2) is 30.3 Å². The molecule has 0 aromatic heterocycles. The summed E-state index contributed by atoms with van der Waals surface area (Å²) in [6.07, 6.45) is 0.815. The van der Waals surface area contributed by atoms with Crippen molar-refractivity contribution < 1.29 is 9.53 Å². The van der Waals surface area contributed by atoms with Crippen LogP contribution in [0.2, 0.25) is 0 Å². The zero-order valence-electron chi connectivity index (χ0n) is 7.19. The molecule has 68 valence electrons. The molecule has 1 aliphatic heterocycles. The van der Waals surface area contributed by atoms with Gasteiger partial charge in [0.2, 0.25) is 5.72 Å². The highest BCUT2D eigenvalue weighted by molar-refractivity contribution is 5.65. The first-order valence-electron chi connectivity index (χ1n) is 4.28. The lowest BCUT2D eigenvalue weighted by atomic mass is 10.1. The van der Waals surface area contributed by atoms with Crippen molar-refractivity contribution in [3.05, 3.63) is 35.9 Å². The van der Waals surface area contributed by atoms with Gasteiger partial charge in [-0.2, -0.15) is 0 Å². The summed E-state index contributed by atoms with van der Waals surface area (Å²) >= 11 is 0. The Bertz CT molecular complexity index is 291. The molecule has 1 fully saturated rings. The second-order valence-corrected chi connectivity index (χ2v) is 2.99. The third kappa shape index (κ3) is 1.36. The predicted octanol–water partition coefficient (Wildman–Crippen LogP) is 0.658. The average molecular weight is 177 g/mol. The Balaban J connectivity index is 2.36. The Hall–Kier alpha value is -1.19. The Morgan fingerprint density at radius 1 is 1.38 bits per heavy atom. The first-order valence-corrected chi connectivity index (χ1v) is 4.28. The molecule has 0 saturated carbocycles. The Labute approximate surface area is 76.7 Å². The second kappa shape index (κ2) is 3.28. The van der Waals surface area contributed by atoms with E-state index in [1.807, 2.05) is 30.3 Å². The molecule has 1 saturated heterocycles. The van der Waals surface area contributed by atoms with Crippen molar-refractivity contribution in [2.75, 3.05) is 13.2 Å². The third-order valence-corrected chi connectivity index (χ3v) is 2.19. The van der Waals surface area contributed by atoms with Gasteiger partial charge in [-0.05, 0) is 0 Å². The van der Waals surface area contributed by atoms with Gasteiger partial charge < -0.3 is 4.74 Å². The SMILES string of the molecule is O=CC1(c2ccccc2)NCCO1. The van der Waals surface area contributed by atoms with E-state index in [4.69, 9.17) is 4.74 Å². The monoisotopic (exact) mass is 177 g/mol. The van der Waals surface area contributed by atoms with Gasteiger partial charge in [0.1, 0.15) is 0 Å². The van der Waals surface area contributed by atoms with Gasteiger partial charge in [0.05, 0.1) is 6.61 Å². The van der Waals surface area contributed by atoms with Crippen LogP contribution in [0.25, 0.3) is 0 Å². The summed E-state index contributed by atoms with van der Waals surface area (Å²) < 4.78 is 5.40. The summed E-state index contributed by atoms with van der Waals surface area (Å²) in [6.45, 7) is 1.29. The van der Waals surface area contributed by atoms with Crippen molar-refractivity contribution in [1.82, 2.24) is 5.32 Å². The highest BCUT2D eigenvalue weighted by Crippen LogP contribution is 2.23. The molecule has 2 rings (SSSR count). The van der Waals surface area contributed by atoms with Crippen LogP contribution in [0.5, 0.6) is 0 Å². The van der Waals surface area contributed by atoms with Gasteiger partial charge >= 0.3 is 0 Å². The van der Waals surface area contributed by atoms with E-state index in [-0.39, 0.29) is 0 Å². The van der Waals surface area contributed by atoms with Crippen molar-refractivity contribution >= 4 is 6.29 Å². The van der Waals surface area contributed by atoms with Crippen LogP contribution in [0.4, 0.5) is 0 Å². The first-order chi connectivity index (χ1) is 6.37. The number of ether oxygens (including phenoxy) is 1. The molecule has 1 N–H and O–H groups in total. The van der Waals surface area contributed by atoms with Gasteiger partial charge in [0.25, 0.3) is 0 Å². The molecule has 1 atom stereocenters. The van der Waals surface area contributed by atoms with E-state index >= 15 is 0 Å². The summed E-state index contributed by atoms with van der Waals surface area (Å²) in [7, 11) is 0. The van der Waals surface area contributed by atoms with Crippen LogP contribution in [-0.2, 0) is 15.3 Å². The molecular weight excluding hydrogens is 166 g/mol. The molecule has 0 amide bonds. The lowest BCUT2D eigenvalue weighted by Crippen LogP contribution is -2.39. The van der Waals surface area contributed by atoms with Crippen LogP contribution in [-0.4, -0.2) is 19.4 Å². The lowest BCUT2D eigenvalue weighted by molar-refractivity contribution is -0.128. The topological polar surface area (TPSA) is 38.3 Å². The zero-order valence-corrected chi connectivity index (χ0v) is 7.19. The largest absolute Gasteiger partial charge is 0.348 e. The van der Waals surface area contributed by atoms with Crippen LogP contribution < -0.4 is 5.32 Å². The number of nitrogens with one attached hydrogen (secondary N) is 1. The highest BCUT2D eigenvalue weighted by atomic mass is 16.5. The van der Waals surface area contributed by atoms with Crippen molar-refractivity contribution in [2.24, 2.45) is 0 Å². The molecule has 1 heterocycles. The van der Waals surface area contributed by atoms with E-state index in [1.165, 1.54) is 0 Å². The lowest BCUT2D eigenvalue weighted by Gasteiger charge is -2.21. The maximum Gasteiger partial charge on any atom is 0.202 e. The molecule has 0 aliphatic carbocycles. The molecule has 0 radical (unpaired) electrons. The maximum absolute atomic E-state index is 10.9. The number of carbonyl (C=O) groups excluding carboxylic acids is 1. The molecule has 1 aliphatic rings. The van der Waals surface area contributed by atoms with Crippen LogP contribution in [0.3, 0.4) is 0 Å². The van der Waals surface area contributed by atoms with E-state index in [1.54, 1.807) is 0 Å². The summed E-state index contributed by atoms with van der Waals surface area (Å²) in [4.78, 5) is 10.9. The van der Waals surface area contributed by atoms with Crippen molar-refractivity contribution in [1.29, 1.82) is 0 Å². The average Bonchev–Trinajstić information content (AvgIpc) is 2.69. The smallest absolute Gasteiger partial charge is 0.202 e. The van der Waals surface area contributed by atoms with Crippen LogP contribution >= 0.6 is 0 Å². The molecule has 1 aromatic rings. The van der Waals surface area contributed by atoms with E-state index in [2.05, 4.69) is 5.32 Å². The Morgan fingerprint density at radius 3 is 2.69 bits per heavy atom. The quantitative estimate of drug-likeness (QED) is 0.674. The van der Waals surface area contributed by atoms with Gasteiger partial charge in [-0.1, -0.05) is 30.3 Å². The van der Waals surface area contributed by atoms with Gasteiger partial charge in [-0.25, -0.2) is 0 Å². The number of benzene rings is 1. The summed E-state index contributed by atoms with van der Waals surface area (Å²) in [5.74, 6) is 0. The van der Waals surface area contributed by atoms with E-state index in [0.29, 0.717) is 13.2 Å². The molecule has 1 aromatic carbocycles. The Kier molecular flexibility index (Phi) is 2.12. The number of hydrogen-bond donors (Lipinski definition) is 1. The van der Waals surface area contributed by atoms with Crippen LogP contribution in [0.1, 0.15) is 5.56 Å². The summed E-state index contributed by atoms with van der Waals surface area (Å²) in [5, 5.41) is 3.05. The molecule has 0 spiro atoms. The first kappa shape index (κ1) is 8.41. The number of aldehydes is 1. The molecule has 0 bridgehead atoms. The Morgan fingerprint density at radius 2 is 2.15 bits per heavy atom. The van der Waals surface area contributed by atoms with Gasteiger partial charge in [0.15, 0.2) is 6.29 Å². The normalized spacial score (nSPS) is 27.4. The second-order valence-electron chi connectivity index (χ2n) is 2.99. The third-order valence-electron chi connectivity index (χ3n) is 2.19. The molecule has 3 nitrogen and oxygen atoms in total. The maximum atomic E-state index is 10.9. The minimum atomic E-state index is -0.902. The van der Waals surface area contributed by atoms with E-state index in [0.717, 1.165) is 11.8 Å². The number of carbonyl (C=O) groups is 1. The minimum absolute atomic E-state index is 0.577. The van der Waals surface area contributed by atoms with Crippen molar-refractivity contribution in [3.63, 3.8) is 0 Å². The van der Waals surface area contributed by atoms with Crippen LogP contribution in [0, 0.1) is 0 Å². The molecule has 1 unspecified atom stereocenters. The van der Waals surface area contributed by atoms with Gasteiger partial charge in [-0.3, -0.25) is 10.1 Å². The molecular formula is C10H11NO2.